The van der Waals surface area contributed by atoms with Crippen LogP contribution in [0.2, 0.25) is 5.02 Å². The van der Waals surface area contributed by atoms with Gasteiger partial charge in [-0.2, -0.15) is 0 Å². The third-order valence-corrected chi connectivity index (χ3v) is 4.35. The van der Waals surface area contributed by atoms with Crippen LogP contribution < -0.4 is 0 Å². The highest BCUT2D eigenvalue weighted by Gasteiger charge is 2.14. The third-order valence-electron chi connectivity index (χ3n) is 2.36. The number of benzene rings is 1. The molecular weight excluding hydrogens is 452 g/mol. The van der Waals surface area contributed by atoms with Crippen LogP contribution >= 0.6 is 59.4 Å². The molecule has 94 valence electrons. The Morgan fingerprint density at radius 2 is 1.94 bits per heavy atom. The minimum Gasteiger partial charge on any atom is -0.240 e. The van der Waals surface area contributed by atoms with Crippen LogP contribution in [0.3, 0.4) is 0 Å². The number of rotatable bonds is 2. The van der Waals surface area contributed by atoms with Crippen LogP contribution in [-0.2, 0) is 5.33 Å². The molecule has 0 fully saturated rings. The van der Waals surface area contributed by atoms with Crippen LogP contribution in [0.1, 0.15) is 5.56 Å². The molecule has 2 rings (SSSR count). The van der Waals surface area contributed by atoms with Gasteiger partial charge in [0, 0.05) is 20.9 Å². The smallest absolute Gasteiger partial charge is 0.124 e. The number of hydrogen-bond donors (Lipinski definition) is 0. The number of alkyl halides is 1. The first kappa shape index (κ1) is 14.4. The van der Waals surface area contributed by atoms with Gasteiger partial charge in [-0.15, -0.1) is 0 Å². The molecule has 0 spiro atoms. The van der Waals surface area contributed by atoms with Crippen molar-refractivity contribution in [2.24, 2.45) is 0 Å². The van der Waals surface area contributed by atoms with Gasteiger partial charge in [0.25, 0.3) is 0 Å². The zero-order valence-electron chi connectivity index (χ0n) is 8.85. The SMILES string of the molecule is Fc1ccc(-c2nc(Br)cc(Br)c2CBr)c(Cl)c1. The molecule has 1 aromatic heterocycles. The minimum atomic E-state index is -0.363. The molecule has 0 atom stereocenters. The molecule has 0 bridgehead atoms. The Kier molecular flexibility index (Phi) is 4.80. The van der Waals surface area contributed by atoms with Gasteiger partial charge in [0.15, 0.2) is 0 Å². The molecule has 1 aromatic carbocycles. The molecule has 0 N–H and O–H groups in total. The van der Waals surface area contributed by atoms with Crippen LogP contribution in [-0.4, -0.2) is 4.98 Å². The second-order valence-corrected chi connectivity index (χ2v) is 6.15. The van der Waals surface area contributed by atoms with Crippen molar-refractivity contribution in [1.82, 2.24) is 4.98 Å². The van der Waals surface area contributed by atoms with Crippen LogP contribution in [0.25, 0.3) is 11.3 Å². The topological polar surface area (TPSA) is 12.9 Å². The molecule has 0 aliphatic carbocycles. The first-order valence-corrected chi connectivity index (χ1v) is 7.97. The molecule has 0 unspecified atom stereocenters. The Balaban J connectivity index is 2.69. The van der Waals surface area contributed by atoms with E-state index in [1.165, 1.54) is 12.1 Å². The van der Waals surface area contributed by atoms with Gasteiger partial charge in [0.05, 0.1) is 10.7 Å². The van der Waals surface area contributed by atoms with Gasteiger partial charge in [-0.25, -0.2) is 9.37 Å². The van der Waals surface area contributed by atoms with Crippen molar-refractivity contribution < 1.29 is 4.39 Å². The van der Waals surface area contributed by atoms with E-state index in [0.717, 1.165) is 15.7 Å². The Bertz CT molecular complexity index is 604. The summed E-state index contributed by atoms with van der Waals surface area (Å²) < 4.78 is 14.7. The molecule has 2 aromatic rings. The fraction of sp³-hybridized carbons (Fsp3) is 0.0833. The lowest BCUT2D eigenvalue weighted by molar-refractivity contribution is 0.628. The van der Waals surface area contributed by atoms with Crippen LogP contribution in [0.5, 0.6) is 0 Å². The second kappa shape index (κ2) is 5.99. The standard InChI is InChI=1S/C12H6Br3ClFN/c13-5-8-9(14)4-11(15)18-12(8)7-2-1-6(17)3-10(7)16/h1-4H,5H2. The second-order valence-electron chi connectivity index (χ2n) is 3.51. The van der Waals surface area contributed by atoms with Gasteiger partial charge in [-0.05, 0) is 40.2 Å². The van der Waals surface area contributed by atoms with Gasteiger partial charge in [0.1, 0.15) is 10.4 Å². The molecule has 0 aliphatic heterocycles. The van der Waals surface area contributed by atoms with E-state index < -0.39 is 0 Å². The Morgan fingerprint density at radius 1 is 1.22 bits per heavy atom. The normalized spacial score (nSPS) is 10.7. The highest BCUT2D eigenvalue weighted by molar-refractivity contribution is 9.11. The van der Waals surface area contributed by atoms with Gasteiger partial charge in [-0.1, -0.05) is 43.5 Å². The van der Waals surface area contributed by atoms with Crippen molar-refractivity contribution in [3.05, 3.63) is 49.7 Å². The largest absolute Gasteiger partial charge is 0.240 e. The molecule has 0 amide bonds. The number of aromatic nitrogens is 1. The summed E-state index contributed by atoms with van der Waals surface area (Å²) in [4.78, 5) is 4.42. The van der Waals surface area contributed by atoms with Gasteiger partial charge in [-0.3, -0.25) is 0 Å². The quantitative estimate of drug-likeness (QED) is 0.400. The average molecular weight is 458 g/mol. The van der Waals surface area contributed by atoms with E-state index in [1.807, 2.05) is 6.07 Å². The first-order chi connectivity index (χ1) is 8.52. The van der Waals surface area contributed by atoms with Gasteiger partial charge >= 0.3 is 0 Å². The van der Waals surface area contributed by atoms with Gasteiger partial charge < -0.3 is 0 Å². The summed E-state index contributed by atoms with van der Waals surface area (Å²) in [5, 5.41) is 0.964. The fourth-order valence-electron chi connectivity index (χ4n) is 1.54. The summed E-state index contributed by atoms with van der Waals surface area (Å²) in [6.07, 6.45) is 0. The molecule has 6 heteroatoms. The highest BCUT2D eigenvalue weighted by atomic mass is 79.9. The maximum atomic E-state index is 13.1. The van der Waals surface area contributed by atoms with Crippen LogP contribution in [0, 0.1) is 5.82 Å². The van der Waals surface area contributed by atoms with E-state index in [0.29, 0.717) is 20.5 Å². The lowest BCUT2D eigenvalue weighted by Crippen LogP contribution is -1.94. The summed E-state index contributed by atoms with van der Waals surface area (Å²) >= 11 is 16.3. The average Bonchev–Trinajstić information content (AvgIpc) is 2.28. The number of pyridine rings is 1. The Hall–Kier alpha value is 0.0300. The lowest BCUT2D eigenvalue weighted by Gasteiger charge is -2.11. The van der Waals surface area contributed by atoms with E-state index in [9.17, 15) is 4.39 Å². The zero-order valence-corrected chi connectivity index (χ0v) is 14.4. The maximum absolute atomic E-state index is 13.1. The van der Waals surface area contributed by atoms with E-state index in [2.05, 4.69) is 52.8 Å². The van der Waals surface area contributed by atoms with Crippen molar-refractivity contribution in [2.75, 3.05) is 0 Å². The number of hydrogen-bond acceptors (Lipinski definition) is 1. The molecule has 0 aliphatic rings. The summed E-state index contributed by atoms with van der Waals surface area (Å²) in [5.74, 6) is -0.363. The predicted octanol–water partition coefficient (Wildman–Crippen LogP) is 5.96. The third kappa shape index (κ3) is 2.95. The number of halogens is 5. The fourth-order valence-corrected chi connectivity index (χ4v) is 4.00. The number of nitrogens with zero attached hydrogens (tertiary/aromatic N) is 1. The minimum absolute atomic E-state index is 0.342. The Morgan fingerprint density at radius 3 is 2.56 bits per heavy atom. The van der Waals surface area contributed by atoms with Crippen molar-refractivity contribution in [3.63, 3.8) is 0 Å². The van der Waals surface area contributed by atoms with E-state index in [1.54, 1.807) is 6.07 Å². The molecule has 0 saturated carbocycles. The summed E-state index contributed by atoms with van der Waals surface area (Å²) in [6.45, 7) is 0. The Labute approximate surface area is 134 Å². The van der Waals surface area contributed by atoms with E-state index in [-0.39, 0.29) is 5.82 Å². The van der Waals surface area contributed by atoms with E-state index in [4.69, 9.17) is 11.6 Å². The van der Waals surface area contributed by atoms with Crippen molar-refractivity contribution in [3.8, 4) is 11.3 Å². The van der Waals surface area contributed by atoms with Crippen molar-refractivity contribution in [2.45, 2.75) is 5.33 Å². The predicted molar refractivity (Wildman–Crippen MR) is 82.7 cm³/mol. The van der Waals surface area contributed by atoms with Crippen LogP contribution in [0.15, 0.2) is 33.3 Å². The summed E-state index contributed by atoms with van der Waals surface area (Å²) in [5.41, 5.74) is 2.39. The van der Waals surface area contributed by atoms with Gasteiger partial charge in [0.2, 0.25) is 0 Å². The van der Waals surface area contributed by atoms with E-state index >= 15 is 0 Å². The molecule has 0 radical (unpaired) electrons. The molecule has 0 saturated heterocycles. The van der Waals surface area contributed by atoms with Crippen molar-refractivity contribution in [1.29, 1.82) is 0 Å². The van der Waals surface area contributed by atoms with Crippen LogP contribution in [0.4, 0.5) is 4.39 Å². The molecule has 18 heavy (non-hydrogen) atoms. The maximum Gasteiger partial charge on any atom is 0.124 e. The monoisotopic (exact) mass is 455 g/mol. The molecular formula is C12H6Br3ClFN. The summed E-state index contributed by atoms with van der Waals surface area (Å²) in [7, 11) is 0. The highest BCUT2D eigenvalue weighted by Crippen LogP contribution is 2.35. The lowest BCUT2D eigenvalue weighted by atomic mass is 10.1. The molecule has 1 nitrogen and oxygen atoms in total. The van der Waals surface area contributed by atoms with Crippen molar-refractivity contribution >= 4 is 59.4 Å². The zero-order chi connectivity index (χ0) is 13.3. The first-order valence-electron chi connectivity index (χ1n) is 4.89. The molecule has 1 heterocycles. The summed E-state index contributed by atoms with van der Waals surface area (Å²) in [6, 6.07) is 6.14.